The third kappa shape index (κ3) is 3.07. The fourth-order valence-electron chi connectivity index (χ4n) is 1.26. The molecule has 0 aliphatic rings. The molecule has 0 atom stereocenters. The van der Waals surface area contributed by atoms with Crippen molar-refractivity contribution in [2.24, 2.45) is 0 Å². The topological polar surface area (TPSA) is 89.1 Å². The van der Waals surface area contributed by atoms with Crippen molar-refractivity contribution in [3.05, 3.63) is 35.7 Å². The minimum Gasteiger partial charge on any atom is -0.477 e. The van der Waals surface area contributed by atoms with Gasteiger partial charge in [0.05, 0.1) is 5.75 Å². The molecule has 7 heteroatoms. The summed E-state index contributed by atoms with van der Waals surface area (Å²) in [4.78, 5) is 19.5. The molecule has 2 aromatic heterocycles. The number of carbonyl (C=O) groups is 1. The SMILES string of the molecule is CCc1noc(CSc2ccnc(C(=O)O)c2)n1. The third-order valence-corrected chi connectivity index (χ3v) is 3.12. The summed E-state index contributed by atoms with van der Waals surface area (Å²) in [6.07, 6.45) is 2.20. The van der Waals surface area contributed by atoms with E-state index in [9.17, 15) is 4.79 Å². The smallest absolute Gasteiger partial charge is 0.354 e. The quantitative estimate of drug-likeness (QED) is 0.827. The molecule has 0 aliphatic heterocycles. The highest BCUT2D eigenvalue weighted by Crippen LogP contribution is 2.22. The second-order valence-electron chi connectivity index (χ2n) is 3.43. The lowest BCUT2D eigenvalue weighted by molar-refractivity contribution is 0.0690. The zero-order valence-electron chi connectivity index (χ0n) is 9.66. The largest absolute Gasteiger partial charge is 0.477 e. The first-order chi connectivity index (χ1) is 8.69. The van der Waals surface area contributed by atoms with Gasteiger partial charge in [0, 0.05) is 17.5 Å². The molecular weight excluding hydrogens is 254 g/mol. The predicted octanol–water partition coefficient (Wildman–Crippen LogP) is 2.02. The monoisotopic (exact) mass is 265 g/mol. The summed E-state index contributed by atoms with van der Waals surface area (Å²) < 4.78 is 5.04. The molecule has 0 aromatic carbocycles. The van der Waals surface area contributed by atoms with Crippen LogP contribution in [0.3, 0.4) is 0 Å². The number of hydrogen-bond acceptors (Lipinski definition) is 6. The zero-order chi connectivity index (χ0) is 13.0. The van der Waals surface area contributed by atoms with Gasteiger partial charge in [0.2, 0.25) is 5.89 Å². The minimum absolute atomic E-state index is 0.0276. The van der Waals surface area contributed by atoms with E-state index in [0.717, 1.165) is 11.3 Å². The summed E-state index contributed by atoms with van der Waals surface area (Å²) in [5.74, 6) is 0.677. The molecule has 0 unspecified atom stereocenters. The van der Waals surface area contributed by atoms with Gasteiger partial charge in [-0.15, -0.1) is 11.8 Å². The highest BCUT2D eigenvalue weighted by Gasteiger charge is 2.08. The molecule has 0 radical (unpaired) electrons. The number of aryl methyl sites for hydroxylation is 1. The van der Waals surface area contributed by atoms with Crippen molar-refractivity contribution in [2.45, 2.75) is 24.0 Å². The highest BCUT2D eigenvalue weighted by atomic mass is 32.2. The molecule has 0 saturated heterocycles. The Morgan fingerprint density at radius 1 is 1.56 bits per heavy atom. The standard InChI is InChI=1S/C11H11N3O3S/c1-2-9-13-10(17-14-9)6-18-7-3-4-12-8(5-7)11(15)16/h3-5H,2,6H2,1H3,(H,15,16). The van der Waals surface area contributed by atoms with E-state index in [-0.39, 0.29) is 5.69 Å². The van der Waals surface area contributed by atoms with Crippen LogP contribution in [0, 0.1) is 0 Å². The first-order valence-electron chi connectivity index (χ1n) is 5.32. The second kappa shape index (κ2) is 5.63. The van der Waals surface area contributed by atoms with E-state index in [1.807, 2.05) is 6.92 Å². The maximum atomic E-state index is 10.8. The van der Waals surface area contributed by atoms with Crippen LogP contribution in [0.2, 0.25) is 0 Å². The molecular formula is C11H11N3O3S. The van der Waals surface area contributed by atoms with Crippen molar-refractivity contribution in [1.82, 2.24) is 15.1 Å². The molecule has 6 nitrogen and oxygen atoms in total. The molecule has 0 spiro atoms. The molecule has 2 heterocycles. The lowest BCUT2D eigenvalue weighted by Gasteiger charge is -1.99. The maximum Gasteiger partial charge on any atom is 0.354 e. The lowest BCUT2D eigenvalue weighted by Crippen LogP contribution is -1.99. The van der Waals surface area contributed by atoms with E-state index in [2.05, 4.69) is 15.1 Å². The molecule has 0 aliphatic carbocycles. The number of rotatable bonds is 5. The zero-order valence-corrected chi connectivity index (χ0v) is 10.5. The summed E-state index contributed by atoms with van der Waals surface area (Å²) in [6, 6.07) is 3.26. The minimum atomic E-state index is -1.04. The molecule has 1 N–H and O–H groups in total. The fraction of sp³-hybridized carbons (Fsp3) is 0.273. The Labute approximate surface area is 107 Å². The number of aromatic nitrogens is 3. The summed E-state index contributed by atoms with van der Waals surface area (Å²) in [7, 11) is 0. The van der Waals surface area contributed by atoms with Crippen molar-refractivity contribution in [1.29, 1.82) is 0 Å². The van der Waals surface area contributed by atoms with Gasteiger partial charge in [-0.25, -0.2) is 9.78 Å². The Balaban J connectivity index is 2.01. The van der Waals surface area contributed by atoms with Crippen LogP contribution in [0.25, 0.3) is 0 Å². The van der Waals surface area contributed by atoms with Gasteiger partial charge >= 0.3 is 5.97 Å². The van der Waals surface area contributed by atoms with Gasteiger partial charge in [-0.1, -0.05) is 12.1 Å². The predicted molar refractivity (Wildman–Crippen MR) is 64.4 cm³/mol. The Hall–Kier alpha value is -1.89. The van der Waals surface area contributed by atoms with Crippen molar-refractivity contribution in [3.63, 3.8) is 0 Å². The Kier molecular flexibility index (Phi) is 3.93. The van der Waals surface area contributed by atoms with E-state index < -0.39 is 5.97 Å². The van der Waals surface area contributed by atoms with Crippen molar-refractivity contribution >= 4 is 17.7 Å². The highest BCUT2D eigenvalue weighted by molar-refractivity contribution is 7.98. The molecule has 2 rings (SSSR count). The lowest BCUT2D eigenvalue weighted by atomic mass is 10.3. The number of hydrogen-bond donors (Lipinski definition) is 1. The van der Waals surface area contributed by atoms with Crippen molar-refractivity contribution < 1.29 is 14.4 Å². The summed E-state index contributed by atoms with van der Waals surface area (Å²) in [6.45, 7) is 1.95. The van der Waals surface area contributed by atoms with Gasteiger partial charge in [-0.05, 0) is 12.1 Å². The number of nitrogens with zero attached hydrogens (tertiary/aromatic N) is 3. The van der Waals surface area contributed by atoms with Crippen LogP contribution in [0.15, 0.2) is 27.7 Å². The summed E-state index contributed by atoms with van der Waals surface area (Å²) in [5, 5.41) is 12.6. The maximum absolute atomic E-state index is 10.8. The van der Waals surface area contributed by atoms with Crippen LogP contribution in [-0.4, -0.2) is 26.2 Å². The molecule has 0 fully saturated rings. The second-order valence-corrected chi connectivity index (χ2v) is 4.48. The molecule has 94 valence electrons. The van der Waals surface area contributed by atoms with E-state index in [4.69, 9.17) is 9.63 Å². The molecule has 0 bridgehead atoms. The number of pyridine rings is 1. The van der Waals surface area contributed by atoms with E-state index >= 15 is 0 Å². The first-order valence-corrected chi connectivity index (χ1v) is 6.31. The average molecular weight is 265 g/mol. The molecule has 0 amide bonds. The average Bonchev–Trinajstić information content (AvgIpc) is 2.84. The van der Waals surface area contributed by atoms with Gasteiger partial charge in [0.15, 0.2) is 5.82 Å². The Morgan fingerprint density at radius 3 is 3.06 bits per heavy atom. The van der Waals surface area contributed by atoms with E-state index in [1.165, 1.54) is 24.0 Å². The summed E-state index contributed by atoms with van der Waals surface area (Å²) in [5.41, 5.74) is 0.0276. The Morgan fingerprint density at radius 2 is 2.39 bits per heavy atom. The van der Waals surface area contributed by atoms with Crippen molar-refractivity contribution in [3.8, 4) is 0 Å². The fourth-order valence-corrected chi connectivity index (χ4v) is 2.01. The van der Waals surface area contributed by atoms with Crippen LogP contribution in [0.5, 0.6) is 0 Å². The number of carboxylic acids is 1. The first kappa shape index (κ1) is 12.6. The van der Waals surface area contributed by atoms with Crippen LogP contribution in [0.4, 0.5) is 0 Å². The van der Waals surface area contributed by atoms with E-state index in [1.54, 1.807) is 6.07 Å². The third-order valence-electron chi connectivity index (χ3n) is 2.14. The van der Waals surface area contributed by atoms with Crippen LogP contribution in [-0.2, 0) is 12.2 Å². The Bertz CT molecular complexity index is 556. The van der Waals surface area contributed by atoms with Gasteiger partial charge in [-0.3, -0.25) is 0 Å². The van der Waals surface area contributed by atoms with Crippen LogP contribution < -0.4 is 0 Å². The van der Waals surface area contributed by atoms with E-state index in [0.29, 0.717) is 17.5 Å². The van der Waals surface area contributed by atoms with Crippen LogP contribution in [0.1, 0.15) is 29.1 Å². The summed E-state index contributed by atoms with van der Waals surface area (Å²) >= 11 is 1.43. The number of aromatic carboxylic acids is 1. The molecule has 2 aromatic rings. The van der Waals surface area contributed by atoms with Crippen molar-refractivity contribution in [2.75, 3.05) is 0 Å². The van der Waals surface area contributed by atoms with Gasteiger partial charge in [-0.2, -0.15) is 4.98 Å². The molecule has 18 heavy (non-hydrogen) atoms. The van der Waals surface area contributed by atoms with Gasteiger partial charge in [0.1, 0.15) is 5.69 Å². The number of thioether (sulfide) groups is 1. The number of carboxylic acid groups (broad SMARTS) is 1. The normalized spacial score (nSPS) is 10.5. The molecule has 0 saturated carbocycles. The van der Waals surface area contributed by atoms with Gasteiger partial charge < -0.3 is 9.63 Å². The van der Waals surface area contributed by atoms with Gasteiger partial charge in [0.25, 0.3) is 0 Å². The van der Waals surface area contributed by atoms with Crippen LogP contribution >= 0.6 is 11.8 Å².